The number of piperazine rings is 1. The molecule has 1 aliphatic heterocycles. The number of benzene rings is 1. The van der Waals surface area contributed by atoms with E-state index in [1.807, 2.05) is 44.0 Å². The lowest BCUT2D eigenvalue weighted by molar-refractivity contribution is 0.0119. The number of urea groups is 1. The van der Waals surface area contributed by atoms with Gasteiger partial charge in [-0.15, -0.1) is 0 Å². The van der Waals surface area contributed by atoms with E-state index >= 15 is 0 Å². The van der Waals surface area contributed by atoms with E-state index in [4.69, 9.17) is 0 Å². The number of carbonyl (C=O) groups excluding carboxylic acids is 1. The molecule has 0 bridgehead atoms. The topological polar surface area (TPSA) is 59.1 Å². The van der Waals surface area contributed by atoms with Gasteiger partial charge in [-0.3, -0.25) is 4.90 Å². The molecule has 1 aromatic carbocycles. The molecule has 2 rings (SSSR count). The molecule has 2 N–H and O–H groups in total. The fraction of sp³-hybridized carbons (Fsp3) is 0.632. The molecule has 1 aliphatic rings. The highest BCUT2D eigenvalue weighted by Crippen LogP contribution is 2.13. The third-order valence-corrected chi connectivity index (χ3v) is 4.50. The van der Waals surface area contributed by atoms with E-state index in [2.05, 4.69) is 34.2 Å². The zero-order chi connectivity index (χ0) is 18.4. The lowest BCUT2D eigenvalue weighted by Gasteiger charge is -2.41. The zero-order valence-electron chi connectivity index (χ0n) is 15.9. The van der Waals surface area contributed by atoms with Gasteiger partial charge in [0.25, 0.3) is 0 Å². The standard InChI is InChI=1S/C19H32N4O2/c1-16-14-22(15-19(2,3)25)12-13-23(16)18(24)20-10-11-21(4)17-8-6-5-7-9-17/h5-9,16,25H,10-15H2,1-4H3,(H,20,24). The smallest absolute Gasteiger partial charge is 0.317 e. The Morgan fingerprint density at radius 3 is 2.60 bits per heavy atom. The maximum absolute atomic E-state index is 12.4. The number of hydrogen-bond acceptors (Lipinski definition) is 4. The third kappa shape index (κ3) is 6.21. The van der Waals surface area contributed by atoms with E-state index in [1.165, 1.54) is 0 Å². The van der Waals surface area contributed by atoms with E-state index in [0.29, 0.717) is 19.6 Å². The fourth-order valence-corrected chi connectivity index (χ4v) is 3.27. The molecular weight excluding hydrogens is 316 g/mol. The first kappa shape index (κ1) is 19.5. The summed E-state index contributed by atoms with van der Waals surface area (Å²) in [5, 5.41) is 13.0. The molecule has 1 unspecified atom stereocenters. The molecule has 0 spiro atoms. The van der Waals surface area contributed by atoms with Gasteiger partial charge in [-0.25, -0.2) is 4.79 Å². The van der Waals surface area contributed by atoms with Crippen LogP contribution in [0.4, 0.5) is 10.5 Å². The first-order valence-electron chi connectivity index (χ1n) is 9.01. The molecule has 0 aliphatic carbocycles. The Balaban J connectivity index is 1.74. The predicted molar refractivity (Wildman–Crippen MR) is 102 cm³/mol. The van der Waals surface area contributed by atoms with E-state index in [0.717, 1.165) is 25.3 Å². The molecule has 1 saturated heterocycles. The second kappa shape index (κ2) is 8.54. The normalized spacial score (nSPS) is 18.9. The SMILES string of the molecule is CC1CN(CC(C)(C)O)CCN1C(=O)NCCN(C)c1ccccc1. The molecule has 1 aromatic rings. The number of rotatable bonds is 6. The van der Waals surface area contributed by atoms with Crippen molar-refractivity contribution in [3.8, 4) is 0 Å². The molecule has 2 amide bonds. The molecule has 25 heavy (non-hydrogen) atoms. The number of β-amino-alcohol motifs (C(OH)–C–C–N with tert-alkyl or cyclic N) is 1. The number of anilines is 1. The molecule has 140 valence electrons. The van der Waals surface area contributed by atoms with Crippen LogP contribution < -0.4 is 10.2 Å². The summed E-state index contributed by atoms with van der Waals surface area (Å²) >= 11 is 0. The van der Waals surface area contributed by atoms with Gasteiger partial charge in [0.1, 0.15) is 0 Å². The molecule has 1 heterocycles. The van der Waals surface area contributed by atoms with Crippen molar-refractivity contribution in [1.82, 2.24) is 15.1 Å². The number of hydrogen-bond donors (Lipinski definition) is 2. The van der Waals surface area contributed by atoms with Crippen LogP contribution in [0.15, 0.2) is 30.3 Å². The van der Waals surface area contributed by atoms with Crippen molar-refractivity contribution in [3.05, 3.63) is 30.3 Å². The van der Waals surface area contributed by atoms with Crippen molar-refractivity contribution in [2.45, 2.75) is 32.4 Å². The number of carbonyl (C=O) groups is 1. The molecular formula is C19H32N4O2. The fourth-order valence-electron chi connectivity index (χ4n) is 3.27. The monoisotopic (exact) mass is 348 g/mol. The molecule has 0 radical (unpaired) electrons. The summed E-state index contributed by atoms with van der Waals surface area (Å²) in [7, 11) is 2.03. The lowest BCUT2D eigenvalue weighted by Crippen LogP contribution is -2.58. The second-order valence-corrected chi connectivity index (χ2v) is 7.58. The number of aliphatic hydroxyl groups is 1. The summed E-state index contributed by atoms with van der Waals surface area (Å²) in [6.45, 7) is 10.00. The van der Waals surface area contributed by atoms with Gasteiger partial charge in [0.2, 0.25) is 0 Å². The minimum Gasteiger partial charge on any atom is -0.389 e. The van der Waals surface area contributed by atoms with Crippen molar-refractivity contribution in [1.29, 1.82) is 0 Å². The summed E-state index contributed by atoms with van der Waals surface area (Å²) in [4.78, 5) is 18.7. The van der Waals surface area contributed by atoms with Gasteiger partial charge < -0.3 is 20.2 Å². The highest BCUT2D eigenvalue weighted by atomic mass is 16.3. The molecule has 6 nitrogen and oxygen atoms in total. The van der Waals surface area contributed by atoms with Crippen LogP contribution in [0.5, 0.6) is 0 Å². The van der Waals surface area contributed by atoms with Crippen molar-refractivity contribution >= 4 is 11.7 Å². The maximum Gasteiger partial charge on any atom is 0.317 e. The van der Waals surface area contributed by atoms with Crippen molar-refractivity contribution in [2.75, 3.05) is 51.2 Å². The third-order valence-electron chi connectivity index (χ3n) is 4.50. The van der Waals surface area contributed by atoms with Gasteiger partial charge in [-0.05, 0) is 32.9 Å². The number of nitrogens with one attached hydrogen (secondary N) is 1. The Morgan fingerprint density at radius 2 is 2.00 bits per heavy atom. The Labute approximate surface area is 151 Å². The van der Waals surface area contributed by atoms with Gasteiger partial charge in [-0.1, -0.05) is 18.2 Å². The number of amides is 2. The highest BCUT2D eigenvalue weighted by Gasteiger charge is 2.29. The van der Waals surface area contributed by atoms with Crippen LogP contribution in [0, 0.1) is 0 Å². The Hall–Kier alpha value is -1.79. The summed E-state index contributed by atoms with van der Waals surface area (Å²) in [6.07, 6.45) is 0. The van der Waals surface area contributed by atoms with Crippen LogP contribution in [-0.2, 0) is 0 Å². The van der Waals surface area contributed by atoms with Crippen LogP contribution in [0.1, 0.15) is 20.8 Å². The van der Waals surface area contributed by atoms with E-state index < -0.39 is 5.60 Å². The molecule has 0 aromatic heterocycles. The van der Waals surface area contributed by atoms with Crippen molar-refractivity contribution < 1.29 is 9.90 Å². The first-order chi connectivity index (χ1) is 11.8. The predicted octanol–water partition coefficient (Wildman–Crippen LogP) is 1.61. The number of likely N-dealkylation sites (N-methyl/N-ethyl adjacent to an activating group) is 1. The van der Waals surface area contributed by atoms with Crippen molar-refractivity contribution in [2.24, 2.45) is 0 Å². The quantitative estimate of drug-likeness (QED) is 0.820. The molecule has 0 saturated carbocycles. The van der Waals surface area contributed by atoms with Crippen LogP contribution in [-0.4, -0.2) is 78.9 Å². The Kier molecular flexibility index (Phi) is 6.67. The van der Waals surface area contributed by atoms with Crippen LogP contribution in [0.2, 0.25) is 0 Å². The van der Waals surface area contributed by atoms with Gasteiger partial charge in [0, 0.05) is 58.0 Å². The first-order valence-corrected chi connectivity index (χ1v) is 9.01. The summed E-state index contributed by atoms with van der Waals surface area (Å²) in [5.41, 5.74) is 0.442. The summed E-state index contributed by atoms with van der Waals surface area (Å²) in [6, 6.07) is 10.3. The van der Waals surface area contributed by atoms with Crippen LogP contribution >= 0.6 is 0 Å². The Morgan fingerprint density at radius 1 is 1.32 bits per heavy atom. The summed E-state index contributed by atoms with van der Waals surface area (Å²) in [5.74, 6) is 0. The van der Waals surface area contributed by atoms with Crippen LogP contribution in [0.3, 0.4) is 0 Å². The van der Waals surface area contributed by atoms with E-state index in [-0.39, 0.29) is 12.1 Å². The van der Waals surface area contributed by atoms with Crippen LogP contribution in [0.25, 0.3) is 0 Å². The maximum atomic E-state index is 12.4. The molecule has 6 heteroatoms. The minimum absolute atomic E-state index is 0.00290. The largest absolute Gasteiger partial charge is 0.389 e. The Bertz CT molecular complexity index is 544. The lowest BCUT2D eigenvalue weighted by atomic mass is 10.1. The molecule has 1 atom stereocenters. The summed E-state index contributed by atoms with van der Waals surface area (Å²) < 4.78 is 0. The number of nitrogens with zero attached hydrogens (tertiary/aromatic N) is 3. The van der Waals surface area contributed by atoms with Crippen molar-refractivity contribution in [3.63, 3.8) is 0 Å². The van der Waals surface area contributed by atoms with Gasteiger partial charge in [0.15, 0.2) is 0 Å². The second-order valence-electron chi connectivity index (χ2n) is 7.58. The van der Waals surface area contributed by atoms with Gasteiger partial charge in [-0.2, -0.15) is 0 Å². The zero-order valence-corrected chi connectivity index (χ0v) is 15.9. The van der Waals surface area contributed by atoms with Gasteiger partial charge >= 0.3 is 6.03 Å². The number of para-hydroxylation sites is 1. The van der Waals surface area contributed by atoms with Gasteiger partial charge in [0.05, 0.1) is 5.60 Å². The molecule has 1 fully saturated rings. The average Bonchev–Trinajstić information content (AvgIpc) is 2.54. The highest BCUT2D eigenvalue weighted by molar-refractivity contribution is 5.74. The van der Waals surface area contributed by atoms with E-state index in [9.17, 15) is 9.90 Å². The average molecular weight is 348 g/mol. The van der Waals surface area contributed by atoms with E-state index in [1.54, 1.807) is 0 Å². The minimum atomic E-state index is -0.702.